The second-order valence-electron chi connectivity index (χ2n) is 5.46. The Morgan fingerprint density at radius 1 is 1.27 bits per heavy atom. The monoisotopic (exact) mass is 301 g/mol. The van der Waals surface area contributed by atoms with Gasteiger partial charge in [-0.3, -0.25) is 9.59 Å². The van der Waals surface area contributed by atoms with Crippen LogP contribution in [-0.4, -0.2) is 30.6 Å². The molecule has 1 N–H and O–H groups in total. The summed E-state index contributed by atoms with van der Waals surface area (Å²) in [4.78, 5) is 27.8. The van der Waals surface area contributed by atoms with Crippen LogP contribution < -0.4 is 0 Å². The molecule has 0 aliphatic heterocycles. The molecule has 0 amide bonds. The van der Waals surface area contributed by atoms with Gasteiger partial charge in [-0.1, -0.05) is 18.2 Å². The number of fused-ring (bicyclic) bond motifs is 3. The maximum Gasteiger partial charge on any atom is 0.315 e. The van der Waals surface area contributed by atoms with Gasteiger partial charge in [0.1, 0.15) is 5.92 Å². The third kappa shape index (κ3) is 2.26. The van der Waals surface area contributed by atoms with Crippen molar-refractivity contribution in [2.24, 2.45) is 5.92 Å². The molecule has 5 heteroatoms. The van der Waals surface area contributed by atoms with Gasteiger partial charge in [0.25, 0.3) is 0 Å². The van der Waals surface area contributed by atoms with E-state index >= 15 is 0 Å². The number of aryl methyl sites for hydroxylation is 1. The van der Waals surface area contributed by atoms with Crippen LogP contribution in [0.25, 0.3) is 10.9 Å². The summed E-state index contributed by atoms with van der Waals surface area (Å²) in [6.07, 6.45) is 1.33. The molecule has 22 heavy (non-hydrogen) atoms. The van der Waals surface area contributed by atoms with Gasteiger partial charge < -0.3 is 14.5 Å². The van der Waals surface area contributed by atoms with Crippen LogP contribution in [0.2, 0.25) is 0 Å². The van der Waals surface area contributed by atoms with Gasteiger partial charge in [0.05, 0.1) is 19.6 Å². The zero-order valence-electron chi connectivity index (χ0n) is 12.7. The van der Waals surface area contributed by atoms with Crippen molar-refractivity contribution in [2.45, 2.75) is 25.7 Å². The smallest absolute Gasteiger partial charge is 0.315 e. The first-order valence-corrected chi connectivity index (χ1v) is 7.51. The van der Waals surface area contributed by atoms with Crippen LogP contribution in [0.3, 0.4) is 0 Å². The quantitative estimate of drug-likeness (QED) is 0.885. The fraction of sp³-hybridized carbons (Fsp3) is 0.412. The summed E-state index contributed by atoms with van der Waals surface area (Å²) >= 11 is 0. The molecule has 2 aromatic rings. The van der Waals surface area contributed by atoms with E-state index in [9.17, 15) is 9.59 Å². The highest BCUT2D eigenvalue weighted by atomic mass is 16.5. The molecule has 0 radical (unpaired) electrons. The van der Waals surface area contributed by atoms with E-state index in [1.165, 1.54) is 7.11 Å². The van der Waals surface area contributed by atoms with Crippen LogP contribution in [0.15, 0.2) is 24.3 Å². The number of aromatic nitrogens is 1. The lowest BCUT2D eigenvalue weighted by Crippen LogP contribution is -2.34. The van der Waals surface area contributed by atoms with Crippen molar-refractivity contribution in [3.05, 3.63) is 35.5 Å². The Kier molecular flexibility index (Phi) is 3.88. The van der Waals surface area contributed by atoms with E-state index < -0.39 is 11.8 Å². The number of nitrogens with one attached hydrogen (secondary N) is 1. The Balaban J connectivity index is 2.11. The van der Waals surface area contributed by atoms with Gasteiger partial charge in [0.2, 0.25) is 0 Å². The molecule has 0 saturated carbocycles. The molecule has 0 fully saturated rings. The minimum Gasteiger partial charge on any atom is -0.469 e. The van der Waals surface area contributed by atoms with E-state index in [4.69, 9.17) is 9.47 Å². The van der Waals surface area contributed by atoms with Crippen molar-refractivity contribution in [2.75, 3.05) is 13.7 Å². The predicted octanol–water partition coefficient (Wildman–Crippen LogP) is 2.55. The van der Waals surface area contributed by atoms with Crippen LogP contribution in [-0.2, 0) is 25.5 Å². The summed E-state index contributed by atoms with van der Waals surface area (Å²) in [6, 6.07) is 7.93. The molecule has 0 unspecified atom stereocenters. The van der Waals surface area contributed by atoms with E-state index in [2.05, 4.69) is 4.98 Å². The van der Waals surface area contributed by atoms with E-state index in [0.29, 0.717) is 13.0 Å². The van der Waals surface area contributed by atoms with Gasteiger partial charge in [-0.2, -0.15) is 0 Å². The number of methoxy groups -OCH3 is 1. The van der Waals surface area contributed by atoms with E-state index in [-0.39, 0.29) is 11.9 Å². The van der Waals surface area contributed by atoms with Crippen molar-refractivity contribution in [3.8, 4) is 0 Å². The first-order chi connectivity index (χ1) is 10.7. The molecule has 0 bridgehead atoms. The normalized spacial score (nSPS) is 20.5. The number of esters is 2. The van der Waals surface area contributed by atoms with Gasteiger partial charge in [-0.25, -0.2) is 0 Å². The maximum atomic E-state index is 12.4. The van der Waals surface area contributed by atoms with Crippen LogP contribution in [0.5, 0.6) is 0 Å². The van der Waals surface area contributed by atoms with Crippen molar-refractivity contribution >= 4 is 22.8 Å². The predicted molar refractivity (Wildman–Crippen MR) is 81.5 cm³/mol. The average molecular weight is 301 g/mol. The number of rotatable bonds is 3. The molecule has 3 rings (SSSR count). The Morgan fingerprint density at radius 2 is 2.05 bits per heavy atom. The summed E-state index contributed by atoms with van der Waals surface area (Å²) in [5.74, 6) is -1.85. The lowest BCUT2D eigenvalue weighted by molar-refractivity contribution is -0.156. The number of aromatic amines is 1. The molecule has 116 valence electrons. The Morgan fingerprint density at radius 3 is 2.77 bits per heavy atom. The number of ether oxygens (including phenoxy) is 2. The van der Waals surface area contributed by atoms with Crippen molar-refractivity contribution in [3.63, 3.8) is 0 Å². The van der Waals surface area contributed by atoms with Gasteiger partial charge >= 0.3 is 11.9 Å². The highest BCUT2D eigenvalue weighted by molar-refractivity contribution is 5.92. The number of hydrogen-bond acceptors (Lipinski definition) is 4. The molecular formula is C17H19NO4. The van der Waals surface area contributed by atoms with Gasteiger partial charge in [-0.05, 0) is 31.4 Å². The summed E-state index contributed by atoms with van der Waals surface area (Å²) < 4.78 is 10.1. The first-order valence-electron chi connectivity index (χ1n) is 7.51. The average Bonchev–Trinajstić information content (AvgIpc) is 2.91. The zero-order chi connectivity index (χ0) is 15.7. The summed E-state index contributed by atoms with van der Waals surface area (Å²) in [7, 11) is 1.35. The minimum absolute atomic E-state index is 0.290. The molecule has 2 atom stereocenters. The van der Waals surface area contributed by atoms with Gasteiger partial charge in [-0.15, -0.1) is 0 Å². The first kappa shape index (κ1) is 14.6. The number of hydrogen-bond donors (Lipinski definition) is 1. The number of benzene rings is 1. The molecule has 1 aliphatic carbocycles. The Labute approximate surface area is 128 Å². The van der Waals surface area contributed by atoms with E-state index in [0.717, 1.165) is 28.6 Å². The van der Waals surface area contributed by atoms with Gasteiger partial charge in [0.15, 0.2) is 0 Å². The van der Waals surface area contributed by atoms with Crippen molar-refractivity contribution in [1.29, 1.82) is 0 Å². The largest absolute Gasteiger partial charge is 0.469 e. The minimum atomic E-state index is -0.622. The highest BCUT2D eigenvalue weighted by Crippen LogP contribution is 2.40. The fourth-order valence-corrected chi connectivity index (χ4v) is 3.34. The van der Waals surface area contributed by atoms with Crippen LogP contribution in [0.1, 0.15) is 30.5 Å². The topological polar surface area (TPSA) is 68.4 Å². The van der Waals surface area contributed by atoms with Crippen molar-refractivity contribution < 1.29 is 19.1 Å². The number of para-hydroxylation sites is 1. The van der Waals surface area contributed by atoms with Crippen LogP contribution >= 0.6 is 0 Å². The molecule has 1 aliphatic rings. The zero-order valence-corrected chi connectivity index (χ0v) is 12.7. The Hall–Kier alpha value is -2.30. The molecule has 1 aromatic carbocycles. The molecule has 0 saturated heterocycles. The van der Waals surface area contributed by atoms with Crippen LogP contribution in [0.4, 0.5) is 0 Å². The number of H-pyrrole nitrogens is 1. The maximum absolute atomic E-state index is 12.4. The van der Waals surface area contributed by atoms with E-state index in [1.54, 1.807) is 6.92 Å². The molecule has 1 heterocycles. The third-order valence-electron chi connectivity index (χ3n) is 4.31. The summed E-state index contributed by atoms with van der Waals surface area (Å²) in [5, 5.41) is 1.11. The number of carbonyl (C=O) groups is 2. The van der Waals surface area contributed by atoms with Crippen molar-refractivity contribution in [1.82, 2.24) is 4.98 Å². The third-order valence-corrected chi connectivity index (χ3v) is 4.31. The molecule has 0 spiro atoms. The summed E-state index contributed by atoms with van der Waals surface area (Å²) in [5.41, 5.74) is 2.88. The van der Waals surface area contributed by atoms with E-state index in [1.807, 2.05) is 24.3 Å². The second kappa shape index (κ2) is 5.83. The van der Waals surface area contributed by atoms with Gasteiger partial charge in [0, 0.05) is 16.6 Å². The fourth-order valence-electron chi connectivity index (χ4n) is 3.34. The molecule has 5 nitrogen and oxygen atoms in total. The SMILES string of the molecule is CCOC(=O)[C@H]1c2[nH]c3ccccc3c2CC[C@@H]1C(=O)OC. The second-order valence-corrected chi connectivity index (χ2v) is 5.46. The number of carbonyl (C=O) groups excluding carboxylic acids is 2. The molecule has 1 aromatic heterocycles. The standard InChI is InChI=1S/C17H19NO4/c1-3-22-17(20)14-12(16(19)21-2)9-8-11-10-6-4-5-7-13(10)18-15(11)14/h4-7,12,14,18H,3,8-9H2,1-2H3/t12-,14+/m0/s1. The molecular weight excluding hydrogens is 282 g/mol. The summed E-state index contributed by atoms with van der Waals surface area (Å²) in [6.45, 7) is 2.05. The lowest BCUT2D eigenvalue weighted by atomic mass is 9.78. The van der Waals surface area contributed by atoms with Crippen LogP contribution in [0, 0.1) is 5.92 Å². The highest BCUT2D eigenvalue weighted by Gasteiger charge is 2.42. The lowest BCUT2D eigenvalue weighted by Gasteiger charge is -2.28. The Bertz CT molecular complexity index is 719.